The van der Waals surface area contributed by atoms with Crippen LogP contribution in [0.15, 0.2) is 84.8 Å². The molecule has 32 heavy (non-hydrogen) atoms. The molecule has 0 saturated heterocycles. The lowest BCUT2D eigenvalue weighted by Gasteiger charge is -2.23. The summed E-state index contributed by atoms with van der Waals surface area (Å²) in [5.74, 6) is 1.55. The number of para-hydroxylation sites is 2. The van der Waals surface area contributed by atoms with Gasteiger partial charge in [0.2, 0.25) is 11.6 Å². The minimum atomic E-state index is -0.469. The van der Waals surface area contributed by atoms with Crippen molar-refractivity contribution in [2.75, 3.05) is 19.0 Å². The summed E-state index contributed by atoms with van der Waals surface area (Å²) in [5, 5.41) is 11.5. The summed E-state index contributed by atoms with van der Waals surface area (Å²) in [6.45, 7) is 2.15. The van der Waals surface area contributed by atoms with Crippen molar-refractivity contribution in [1.82, 2.24) is 0 Å². The zero-order valence-electron chi connectivity index (χ0n) is 18.3. The van der Waals surface area contributed by atoms with Crippen LogP contribution in [0, 0.1) is 10.1 Å². The molecule has 0 fully saturated rings. The number of allylic oxidation sites excluding steroid dienone is 1. The number of ether oxygens (including phenoxy) is 1. The van der Waals surface area contributed by atoms with E-state index in [1.165, 1.54) is 5.56 Å². The second-order valence-corrected chi connectivity index (χ2v) is 8.51. The largest absolute Gasteiger partial charge is 0.438 e. The first-order chi connectivity index (χ1) is 15.4. The molecule has 5 rings (SSSR count). The average Bonchev–Trinajstić information content (AvgIpc) is 3.22. The van der Waals surface area contributed by atoms with Gasteiger partial charge in [-0.3, -0.25) is 10.1 Å². The third-order valence-corrected chi connectivity index (χ3v) is 6.51. The van der Waals surface area contributed by atoms with E-state index in [9.17, 15) is 10.1 Å². The van der Waals surface area contributed by atoms with Crippen LogP contribution in [0.25, 0.3) is 0 Å². The molecule has 0 saturated carbocycles. The van der Waals surface area contributed by atoms with E-state index in [0.29, 0.717) is 6.42 Å². The van der Waals surface area contributed by atoms with Crippen LogP contribution in [0.1, 0.15) is 18.1 Å². The fraction of sp³-hybridized carbons (Fsp3) is 0.192. The molecule has 0 amide bonds. The molecule has 0 radical (unpaired) electrons. The first-order valence-electron chi connectivity index (χ1n) is 10.5. The number of fused-ring (bicyclic) bond motifs is 2. The maximum Gasteiger partial charge on any atom is 0.270 e. The third-order valence-electron chi connectivity index (χ3n) is 6.51. The van der Waals surface area contributed by atoms with Crippen LogP contribution >= 0.6 is 0 Å². The monoisotopic (exact) mass is 426 g/mol. The van der Waals surface area contributed by atoms with E-state index in [1.54, 1.807) is 12.1 Å². The summed E-state index contributed by atoms with van der Waals surface area (Å²) < 4.78 is 8.29. The molecule has 1 unspecified atom stereocenters. The van der Waals surface area contributed by atoms with Gasteiger partial charge in [0, 0.05) is 30.8 Å². The molecule has 0 aliphatic carbocycles. The van der Waals surface area contributed by atoms with Crippen molar-refractivity contribution in [2.24, 2.45) is 0 Å². The van der Waals surface area contributed by atoms with Gasteiger partial charge in [0.25, 0.3) is 5.69 Å². The quantitative estimate of drug-likeness (QED) is 0.327. The Hall–Kier alpha value is -3.93. The van der Waals surface area contributed by atoms with Crippen LogP contribution in [-0.4, -0.2) is 29.3 Å². The summed E-state index contributed by atoms with van der Waals surface area (Å²) in [6, 6.07) is 23.3. The number of benzene rings is 3. The average molecular weight is 426 g/mol. The summed E-state index contributed by atoms with van der Waals surface area (Å²) in [4.78, 5) is 13.2. The number of anilines is 1. The van der Waals surface area contributed by atoms with Crippen molar-refractivity contribution in [1.29, 1.82) is 0 Å². The number of nitro groups is 1. The number of hydrogen-bond donors (Lipinski definition) is 0. The van der Waals surface area contributed by atoms with Gasteiger partial charge in [-0.15, -0.1) is 0 Å². The molecule has 2 aliphatic rings. The third kappa shape index (κ3) is 3.07. The van der Waals surface area contributed by atoms with Crippen LogP contribution in [0.4, 0.5) is 17.1 Å². The van der Waals surface area contributed by atoms with E-state index in [-0.39, 0.29) is 10.6 Å². The molecule has 6 nitrogen and oxygen atoms in total. The molecule has 2 heterocycles. The Bertz CT molecular complexity index is 1300. The minimum Gasteiger partial charge on any atom is -0.438 e. The number of hydrogen-bond acceptors (Lipinski definition) is 4. The van der Waals surface area contributed by atoms with Crippen molar-refractivity contribution < 1.29 is 14.2 Å². The Kier molecular flexibility index (Phi) is 4.59. The van der Waals surface area contributed by atoms with Crippen molar-refractivity contribution in [3.8, 4) is 5.75 Å². The van der Waals surface area contributed by atoms with Crippen LogP contribution in [0.3, 0.4) is 0 Å². The van der Waals surface area contributed by atoms with E-state index >= 15 is 0 Å². The van der Waals surface area contributed by atoms with E-state index in [2.05, 4.69) is 29.7 Å². The fourth-order valence-electron chi connectivity index (χ4n) is 4.82. The van der Waals surface area contributed by atoms with Gasteiger partial charge in [0.05, 0.1) is 22.1 Å². The first kappa shape index (κ1) is 20.0. The number of nitro benzene ring substituents is 1. The lowest BCUT2D eigenvalue weighted by Crippen LogP contribution is -2.34. The van der Waals surface area contributed by atoms with E-state index in [1.807, 2.05) is 67.5 Å². The first-order valence-corrected chi connectivity index (χ1v) is 10.5. The highest BCUT2D eigenvalue weighted by molar-refractivity contribution is 6.04. The maximum atomic E-state index is 11.5. The molecular formula is C26H24N3O3+. The molecule has 0 N–H and O–H groups in total. The van der Waals surface area contributed by atoms with Crippen molar-refractivity contribution in [2.45, 2.75) is 18.8 Å². The predicted molar refractivity (Wildman–Crippen MR) is 125 cm³/mol. The van der Waals surface area contributed by atoms with Crippen molar-refractivity contribution >= 4 is 22.8 Å². The van der Waals surface area contributed by atoms with Crippen molar-refractivity contribution in [3.63, 3.8) is 0 Å². The van der Waals surface area contributed by atoms with Gasteiger partial charge in [0.15, 0.2) is 11.5 Å². The minimum absolute atomic E-state index is 0.104. The van der Waals surface area contributed by atoms with Gasteiger partial charge in [0.1, 0.15) is 7.05 Å². The summed E-state index contributed by atoms with van der Waals surface area (Å²) in [6.07, 6.45) is 2.77. The Morgan fingerprint density at radius 1 is 1.09 bits per heavy atom. The van der Waals surface area contributed by atoms with Gasteiger partial charge in [-0.25, -0.2) is 0 Å². The second-order valence-electron chi connectivity index (χ2n) is 8.51. The second kappa shape index (κ2) is 7.34. The van der Waals surface area contributed by atoms with Crippen molar-refractivity contribution in [3.05, 3.63) is 106 Å². The number of nitrogens with zero attached hydrogens (tertiary/aromatic N) is 3. The Morgan fingerprint density at radius 2 is 1.81 bits per heavy atom. The SMILES string of the molecule is CN1/C(=C/C2=[N+](C)c3ccc([N+](=O)[O-])cc3C2(C)Cc2ccccc2)Oc2ccccc21. The van der Waals surface area contributed by atoms with Gasteiger partial charge in [-0.05, 0) is 31.0 Å². The molecule has 1 atom stereocenters. The molecule has 0 aromatic heterocycles. The summed E-state index contributed by atoms with van der Waals surface area (Å²) in [5.41, 5.74) is 4.77. The highest BCUT2D eigenvalue weighted by Gasteiger charge is 2.48. The lowest BCUT2D eigenvalue weighted by atomic mass is 9.74. The van der Waals surface area contributed by atoms with Crippen LogP contribution < -0.4 is 9.64 Å². The maximum absolute atomic E-state index is 11.5. The lowest BCUT2D eigenvalue weighted by molar-refractivity contribution is -0.402. The summed E-state index contributed by atoms with van der Waals surface area (Å²) in [7, 11) is 4.00. The smallest absolute Gasteiger partial charge is 0.270 e. The zero-order valence-corrected chi connectivity index (χ0v) is 18.3. The molecule has 160 valence electrons. The highest BCUT2D eigenvalue weighted by Crippen LogP contribution is 2.45. The molecule has 3 aromatic rings. The predicted octanol–water partition coefficient (Wildman–Crippen LogP) is 5.19. The van der Waals surface area contributed by atoms with Crippen LogP contribution in [0.2, 0.25) is 0 Å². The van der Waals surface area contributed by atoms with Crippen LogP contribution in [-0.2, 0) is 11.8 Å². The molecule has 0 bridgehead atoms. The van der Waals surface area contributed by atoms with E-state index in [4.69, 9.17) is 4.74 Å². The molecule has 3 aromatic carbocycles. The Balaban J connectivity index is 1.65. The van der Waals surface area contributed by atoms with Gasteiger partial charge in [-0.1, -0.05) is 42.5 Å². The Labute approximate surface area is 186 Å². The van der Waals surface area contributed by atoms with Gasteiger partial charge >= 0.3 is 0 Å². The number of rotatable bonds is 4. The van der Waals surface area contributed by atoms with E-state index < -0.39 is 5.41 Å². The molecular weight excluding hydrogens is 402 g/mol. The van der Waals surface area contributed by atoms with Gasteiger partial charge in [-0.2, -0.15) is 4.58 Å². The zero-order chi connectivity index (χ0) is 22.5. The number of non-ortho nitro benzene ring substituents is 1. The fourth-order valence-corrected chi connectivity index (χ4v) is 4.82. The highest BCUT2D eigenvalue weighted by atomic mass is 16.6. The topological polar surface area (TPSA) is 58.6 Å². The molecule has 6 heteroatoms. The van der Waals surface area contributed by atoms with E-state index in [0.717, 1.165) is 34.3 Å². The standard InChI is InChI=1S/C26H24N3O3/c1-26(17-18-9-5-4-6-10-18)20-15-19(29(30)31)13-14-21(20)27(2)24(26)16-25-28(3)22-11-7-8-12-23(22)32-25/h4-16H,17H2,1-3H3/q+1. The Morgan fingerprint density at radius 3 is 2.53 bits per heavy atom. The summed E-state index contributed by atoms with van der Waals surface area (Å²) >= 11 is 0. The molecule has 2 aliphatic heterocycles. The van der Waals surface area contributed by atoms with Gasteiger partial charge < -0.3 is 9.64 Å². The molecule has 0 spiro atoms. The van der Waals surface area contributed by atoms with Crippen LogP contribution in [0.5, 0.6) is 5.75 Å². The normalized spacial score (nSPS) is 20.3.